The lowest BCUT2D eigenvalue weighted by atomic mass is 9.71. The molecule has 6 atom stereocenters. The van der Waals surface area contributed by atoms with Crippen molar-refractivity contribution in [2.45, 2.75) is 69.9 Å². The number of rotatable bonds is 6. The predicted octanol–water partition coefficient (Wildman–Crippen LogP) is 3.71. The summed E-state index contributed by atoms with van der Waals surface area (Å²) in [6.45, 7) is 5.53. The van der Waals surface area contributed by atoms with Gasteiger partial charge in [-0.25, -0.2) is 0 Å². The zero-order chi connectivity index (χ0) is 34.7. The minimum absolute atomic E-state index is 0.00253. The van der Waals surface area contributed by atoms with Gasteiger partial charge in [0.15, 0.2) is 28.1 Å². The van der Waals surface area contributed by atoms with Gasteiger partial charge in [0.25, 0.3) is 0 Å². The number of para-hydroxylation sites is 1. The number of methoxy groups -OCH3 is 1. The van der Waals surface area contributed by atoms with Crippen molar-refractivity contribution in [2.24, 2.45) is 0 Å². The highest BCUT2D eigenvalue weighted by Gasteiger charge is 2.56. The standard InChI is InChI=1S/C36H40N6O6S/c1-17-11-20-12-23-25(14-37)42-24(29(41(23)4)27(20)31(44)32(17)46-5)13-22-28(34-33(47-16-48-34)18(2)30(22)43)26(42)15-38-35(45)19(3)39-36(49)40-21-9-7-6-8-10-21/h6-11,19,23-26,29,43-44H,12-13,15-16H2,1-5H3,(H,38,45)(H2,39,40,49)/t19-,23-,24?,25-,26-,29-/m0/s1. The number of hydrogen-bond acceptors (Lipinski definition) is 10. The van der Waals surface area contributed by atoms with Crippen molar-refractivity contribution in [3.63, 3.8) is 0 Å². The highest BCUT2D eigenvalue weighted by atomic mass is 32.1. The van der Waals surface area contributed by atoms with Crippen molar-refractivity contribution in [3.05, 3.63) is 69.8 Å². The number of amides is 1. The smallest absolute Gasteiger partial charge is 0.242 e. The van der Waals surface area contributed by atoms with E-state index in [-0.39, 0.29) is 48.9 Å². The van der Waals surface area contributed by atoms with E-state index in [0.717, 1.165) is 22.4 Å². The Morgan fingerprint density at radius 2 is 1.86 bits per heavy atom. The Hall–Kier alpha value is -4.77. The van der Waals surface area contributed by atoms with Crippen LogP contribution in [0.4, 0.5) is 5.69 Å². The van der Waals surface area contributed by atoms with E-state index < -0.39 is 18.1 Å². The first kappa shape index (κ1) is 32.8. The van der Waals surface area contributed by atoms with Crippen LogP contribution in [-0.2, 0) is 17.6 Å². The zero-order valence-corrected chi connectivity index (χ0v) is 28.9. The van der Waals surface area contributed by atoms with E-state index in [2.05, 4.69) is 31.8 Å². The number of aromatic hydroxyl groups is 2. The molecule has 0 spiro atoms. The topological polar surface area (TPSA) is 152 Å². The van der Waals surface area contributed by atoms with Gasteiger partial charge in [0.2, 0.25) is 12.7 Å². The number of piperazine rings is 1. The third-order valence-electron chi connectivity index (χ3n) is 10.5. The molecular formula is C36H40N6O6S. The van der Waals surface area contributed by atoms with Crippen LogP contribution in [0.3, 0.4) is 0 Å². The number of phenols is 2. The number of fused-ring (bicyclic) bond motifs is 9. The molecule has 4 heterocycles. The number of carbonyl (C=O) groups is 1. The quantitative estimate of drug-likeness (QED) is 0.241. The van der Waals surface area contributed by atoms with Crippen molar-refractivity contribution in [1.29, 1.82) is 5.26 Å². The molecule has 1 amide bonds. The molecule has 3 aromatic rings. The van der Waals surface area contributed by atoms with Crippen molar-refractivity contribution >= 4 is 28.9 Å². The van der Waals surface area contributed by atoms with Gasteiger partial charge in [0.1, 0.15) is 17.8 Å². The van der Waals surface area contributed by atoms with Gasteiger partial charge in [-0.15, -0.1) is 0 Å². The zero-order valence-electron chi connectivity index (χ0n) is 28.0. The highest BCUT2D eigenvalue weighted by Crippen LogP contribution is 2.58. The molecule has 0 saturated carbocycles. The molecule has 1 saturated heterocycles. The van der Waals surface area contributed by atoms with Gasteiger partial charge in [-0.05, 0) is 76.1 Å². The van der Waals surface area contributed by atoms with Gasteiger partial charge >= 0.3 is 0 Å². The second-order valence-electron chi connectivity index (χ2n) is 13.2. The highest BCUT2D eigenvalue weighted by molar-refractivity contribution is 7.80. The fourth-order valence-corrected chi connectivity index (χ4v) is 8.64. The Morgan fingerprint density at radius 3 is 2.57 bits per heavy atom. The molecule has 1 unspecified atom stereocenters. The van der Waals surface area contributed by atoms with Crippen LogP contribution in [-0.4, -0.2) is 82.7 Å². The van der Waals surface area contributed by atoms with E-state index in [1.165, 1.54) is 0 Å². The molecule has 0 aromatic heterocycles. The number of anilines is 1. The fraction of sp³-hybridized carbons (Fsp3) is 0.417. The monoisotopic (exact) mass is 684 g/mol. The summed E-state index contributed by atoms with van der Waals surface area (Å²) >= 11 is 5.47. The van der Waals surface area contributed by atoms with E-state index in [1.54, 1.807) is 21.0 Å². The molecule has 5 N–H and O–H groups in total. The largest absolute Gasteiger partial charge is 0.507 e. The van der Waals surface area contributed by atoms with Crippen LogP contribution in [0.1, 0.15) is 52.4 Å². The molecule has 12 nitrogen and oxygen atoms in total. The van der Waals surface area contributed by atoms with E-state index in [4.69, 9.17) is 26.4 Å². The van der Waals surface area contributed by atoms with Crippen molar-refractivity contribution in [2.75, 3.05) is 32.8 Å². The number of nitrogens with one attached hydrogen (secondary N) is 3. The molecule has 4 aliphatic rings. The number of ether oxygens (including phenoxy) is 3. The lowest BCUT2D eigenvalue weighted by molar-refractivity contribution is -0.123. The number of thiocarbonyl (C=S) groups is 1. The maximum atomic E-state index is 13.6. The summed E-state index contributed by atoms with van der Waals surface area (Å²) < 4.78 is 17.5. The maximum absolute atomic E-state index is 13.6. The van der Waals surface area contributed by atoms with Crippen LogP contribution in [0, 0.1) is 25.2 Å². The lowest BCUT2D eigenvalue weighted by Gasteiger charge is -2.60. The summed E-state index contributed by atoms with van der Waals surface area (Å²) in [5, 5.41) is 43.7. The second kappa shape index (κ2) is 12.6. The normalized spacial score (nSPS) is 24.0. The van der Waals surface area contributed by atoms with Gasteiger partial charge in [-0.3, -0.25) is 14.6 Å². The van der Waals surface area contributed by atoms with Gasteiger partial charge < -0.3 is 40.4 Å². The summed E-state index contributed by atoms with van der Waals surface area (Å²) in [5.41, 5.74) is 5.30. The van der Waals surface area contributed by atoms with Crippen LogP contribution in [0.15, 0.2) is 36.4 Å². The molecule has 256 valence electrons. The minimum Gasteiger partial charge on any atom is -0.507 e. The average Bonchev–Trinajstić information content (AvgIpc) is 3.57. The van der Waals surface area contributed by atoms with Crippen molar-refractivity contribution in [3.8, 4) is 34.8 Å². The Labute approximate surface area is 290 Å². The molecule has 49 heavy (non-hydrogen) atoms. The van der Waals surface area contributed by atoms with Gasteiger partial charge in [-0.1, -0.05) is 24.3 Å². The molecule has 3 aromatic carbocycles. The van der Waals surface area contributed by atoms with E-state index in [9.17, 15) is 20.3 Å². The summed E-state index contributed by atoms with van der Waals surface area (Å²) in [7, 11) is 3.53. The molecular weight excluding hydrogens is 644 g/mol. The summed E-state index contributed by atoms with van der Waals surface area (Å²) in [4.78, 5) is 17.9. The SMILES string of the molecule is COc1c(C)cc2c(c1O)[C@@H]1C3Cc4c(O)c(C)c5c(c4[C@H](CNC(=O)[C@H](C)NC(=S)Nc4ccccc4)N3[C@@H](C#N)[C@H](C2)N1C)OCO5. The van der Waals surface area contributed by atoms with Crippen LogP contribution >= 0.6 is 12.2 Å². The predicted molar refractivity (Wildman–Crippen MR) is 186 cm³/mol. The van der Waals surface area contributed by atoms with Crippen molar-refractivity contribution in [1.82, 2.24) is 20.4 Å². The van der Waals surface area contributed by atoms with E-state index >= 15 is 0 Å². The number of nitrogens with zero attached hydrogens (tertiary/aromatic N) is 3. The van der Waals surface area contributed by atoms with Crippen molar-refractivity contribution < 1.29 is 29.2 Å². The maximum Gasteiger partial charge on any atom is 0.242 e. The number of aryl methyl sites for hydroxylation is 1. The average molecular weight is 685 g/mol. The Balaban J connectivity index is 1.27. The summed E-state index contributed by atoms with van der Waals surface area (Å²) in [5.74, 6) is 1.29. The van der Waals surface area contributed by atoms with Gasteiger partial charge in [0, 0.05) is 46.6 Å². The Kier molecular flexibility index (Phi) is 8.42. The van der Waals surface area contributed by atoms with E-state index in [0.29, 0.717) is 51.9 Å². The number of phenolic OH excluding ortho intramolecular Hbond substituents is 2. The van der Waals surface area contributed by atoms with Gasteiger partial charge in [-0.2, -0.15) is 5.26 Å². The molecule has 0 aliphatic carbocycles. The molecule has 4 aliphatic heterocycles. The molecule has 13 heteroatoms. The number of likely N-dealkylation sites (N-methyl/N-ethyl adjacent to an activating group) is 1. The fourth-order valence-electron chi connectivity index (χ4n) is 8.34. The first-order valence-corrected chi connectivity index (χ1v) is 16.8. The summed E-state index contributed by atoms with van der Waals surface area (Å²) in [6, 6.07) is 11.3. The van der Waals surface area contributed by atoms with Crippen LogP contribution in [0.5, 0.6) is 28.7 Å². The Morgan fingerprint density at radius 1 is 1.12 bits per heavy atom. The lowest BCUT2D eigenvalue weighted by Crippen LogP contribution is -2.68. The minimum atomic E-state index is -0.683. The third-order valence-corrected chi connectivity index (χ3v) is 10.8. The second-order valence-corrected chi connectivity index (χ2v) is 13.6. The number of benzene rings is 3. The van der Waals surface area contributed by atoms with Crippen LogP contribution < -0.4 is 30.2 Å². The Bertz CT molecular complexity index is 1880. The number of hydrogen-bond donors (Lipinski definition) is 5. The number of nitriles is 1. The van der Waals surface area contributed by atoms with E-state index in [1.807, 2.05) is 50.4 Å². The first-order valence-electron chi connectivity index (χ1n) is 16.4. The van der Waals surface area contributed by atoms with Crippen LogP contribution in [0.2, 0.25) is 0 Å². The molecule has 7 rings (SSSR count). The van der Waals surface area contributed by atoms with Gasteiger partial charge in [0.05, 0.1) is 25.3 Å². The van der Waals surface area contributed by atoms with Crippen LogP contribution in [0.25, 0.3) is 0 Å². The third kappa shape index (κ3) is 5.26. The molecule has 0 radical (unpaired) electrons. The molecule has 1 fully saturated rings. The summed E-state index contributed by atoms with van der Waals surface area (Å²) in [6.07, 6.45) is 0.910. The number of carbonyl (C=O) groups excluding carboxylic acids is 1. The molecule has 2 bridgehead atoms. The first-order chi connectivity index (χ1) is 23.5.